The Balaban J connectivity index is -0.000000648. The van der Waals surface area contributed by atoms with Gasteiger partial charge < -0.3 is 29.3 Å². The molecule has 49 heavy (non-hydrogen) atoms. The molecular weight excluding hydrogens is 727 g/mol. The fourth-order valence-electron chi connectivity index (χ4n) is 4.56. The molecule has 0 atom stereocenters. The average Bonchev–Trinajstić information content (AvgIpc) is 3.05. The molecule has 0 saturated heterocycles. The fourth-order valence-corrected chi connectivity index (χ4v) is 8.13. The van der Waals surface area contributed by atoms with E-state index in [1.54, 1.807) is 21.7 Å². The van der Waals surface area contributed by atoms with Crippen molar-refractivity contribution >= 4 is 45.0 Å². The number of rotatable bonds is 30. The van der Waals surface area contributed by atoms with Crippen molar-refractivity contribution in [1.82, 2.24) is 0 Å². The van der Waals surface area contributed by atoms with Gasteiger partial charge in [-0.3, -0.25) is 0 Å². The number of unbranched alkanes of at least 4 members (excludes halogenated alkanes) is 14. The van der Waals surface area contributed by atoms with Gasteiger partial charge in [0.15, 0.2) is 0 Å². The summed E-state index contributed by atoms with van der Waals surface area (Å²) in [5.74, 6) is -2.65. The summed E-state index contributed by atoms with van der Waals surface area (Å²) in [6.45, 7) is 14.0. The van der Waals surface area contributed by atoms with Crippen molar-refractivity contribution < 1.29 is 38.9 Å². The minimum atomic E-state index is -1.39. The number of carbonyl (C=O) groups excluding carboxylic acids is 4. The van der Waals surface area contributed by atoms with Gasteiger partial charge >= 0.3 is 133 Å². The molecule has 284 valence electrons. The summed E-state index contributed by atoms with van der Waals surface area (Å²) < 4.78 is 12.9. The zero-order valence-electron chi connectivity index (χ0n) is 32.2. The van der Waals surface area contributed by atoms with Gasteiger partial charge in [-0.15, -0.1) is 0 Å². The molecule has 0 bridgehead atoms. The first-order chi connectivity index (χ1) is 23.5. The molecule has 0 aliphatic rings. The van der Waals surface area contributed by atoms with Crippen LogP contribution >= 0.6 is 0 Å². The number of carboxylic acids is 2. The minimum absolute atomic E-state index is 0.0736. The summed E-state index contributed by atoms with van der Waals surface area (Å²) >= 11 is 0.0736. The summed E-state index contributed by atoms with van der Waals surface area (Å²) in [6.07, 6.45) is 29.2. The summed E-state index contributed by atoms with van der Waals surface area (Å²) in [5, 5.41) is 20.0. The monoisotopic (exact) mass is 800 g/mol. The van der Waals surface area contributed by atoms with Gasteiger partial charge in [-0.25, -0.2) is 9.59 Å². The summed E-state index contributed by atoms with van der Waals surface area (Å²) in [5.41, 5.74) is 0. The molecule has 0 fully saturated rings. The second-order valence-corrected chi connectivity index (χ2v) is 17.7. The van der Waals surface area contributed by atoms with Crippen molar-refractivity contribution in [2.75, 3.05) is 13.2 Å². The molecule has 0 aromatic carbocycles. The van der Waals surface area contributed by atoms with Gasteiger partial charge in [0.1, 0.15) is 0 Å². The van der Waals surface area contributed by atoms with E-state index in [1.807, 2.05) is 0 Å². The average molecular weight is 800 g/mol. The van der Waals surface area contributed by atoms with E-state index in [1.165, 1.54) is 77.0 Å². The second kappa shape index (κ2) is 42.3. The Hall–Kier alpha value is -1.84. The molecule has 0 amide bonds. The van der Waals surface area contributed by atoms with Gasteiger partial charge in [-0.05, 0) is 36.8 Å². The molecule has 0 aromatic heterocycles. The van der Waals surface area contributed by atoms with Crippen LogP contribution in [0.5, 0.6) is 0 Å². The van der Waals surface area contributed by atoms with Crippen LogP contribution in [0.3, 0.4) is 0 Å². The molecule has 8 nitrogen and oxygen atoms in total. The molecule has 0 aromatic rings. The van der Waals surface area contributed by atoms with E-state index in [0.29, 0.717) is 37.2 Å². The normalized spacial score (nSPS) is 10.8. The molecule has 0 saturated carbocycles. The number of ether oxygens (including phenoxy) is 2. The van der Waals surface area contributed by atoms with E-state index in [4.69, 9.17) is 9.47 Å². The van der Waals surface area contributed by atoms with E-state index in [0.717, 1.165) is 50.7 Å². The molecule has 0 unspecified atom stereocenters. The topological polar surface area (TPSA) is 133 Å². The number of aliphatic carboxylic acids is 2. The first-order valence-corrected chi connectivity index (χ1v) is 23.3. The molecule has 0 radical (unpaired) electrons. The molecular formula is C40H72O8Sn. The van der Waals surface area contributed by atoms with Crippen LogP contribution < -0.4 is 10.2 Å². The van der Waals surface area contributed by atoms with Gasteiger partial charge in [-0.2, -0.15) is 0 Å². The van der Waals surface area contributed by atoms with Crippen LogP contribution in [0.4, 0.5) is 0 Å². The molecule has 0 spiro atoms. The SMILES string of the molecule is CC(C)CCCCCOC(=O)/C=C\C(=O)[O-].CC(C)CCCCCOC(=O)/C=C\C(=O)[O-].CCCCCCC[CH2][Sn+2][CH2]CCCCCCC. The predicted octanol–water partition coefficient (Wildman–Crippen LogP) is 8.35. The Morgan fingerprint density at radius 3 is 1.14 bits per heavy atom. The van der Waals surface area contributed by atoms with Crippen molar-refractivity contribution in [3.05, 3.63) is 24.3 Å². The summed E-state index contributed by atoms with van der Waals surface area (Å²) in [7, 11) is 0. The van der Waals surface area contributed by atoms with Crippen molar-refractivity contribution in [1.29, 1.82) is 0 Å². The third-order valence-corrected chi connectivity index (χ3v) is 11.5. The Kier molecular flexibility index (Phi) is 44.5. The third kappa shape index (κ3) is 55.8. The van der Waals surface area contributed by atoms with E-state index in [2.05, 4.69) is 41.5 Å². The standard InChI is InChI=1S/2C12H20O4.2C8H17.Sn/c2*1-10(2)6-4-3-5-9-16-12(15)8-7-11(13)14;2*1-3-5-7-8-6-4-2;/h2*7-8,10H,3-6,9H2,1-2H3,(H,13,14);2*1,3-8H2,2H3;/q;;;;+2/p-2/b2*8-7-;;;. The van der Waals surface area contributed by atoms with Gasteiger partial charge in [0, 0.05) is 12.2 Å². The number of hydrogen-bond donors (Lipinski definition) is 0. The van der Waals surface area contributed by atoms with Crippen molar-refractivity contribution in [3.63, 3.8) is 0 Å². The molecule has 0 heterocycles. The third-order valence-electron chi connectivity index (χ3n) is 7.47. The summed E-state index contributed by atoms with van der Waals surface area (Å²) in [4.78, 5) is 41.7. The van der Waals surface area contributed by atoms with Gasteiger partial charge in [0.05, 0.1) is 25.2 Å². The van der Waals surface area contributed by atoms with Crippen LogP contribution in [-0.4, -0.2) is 58.2 Å². The van der Waals surface area contributed by atoms with Gasteiger partial charge in [0.25, 0.3) is 0 Å². The molecule has 9 heteroatoms. The Morgan fingerprint density at radius 1 is 0.490 bits per heavy atom. The zero-order valence-corrected chi connectivity index (χ0v) is 35.1. The maximum atomic E-state index is 10.9. The Labute approximate surface area is 310 Å². The van der Waals surface area contributed by atoms with E-state index in [9.17, 15) is 29.4 Å². The second-order valence-electron chi connectivity index (χ2n) is 13.4. The molecule has 0 N–H and O–H groups in total. The Bertz CT molecular complexity index is 757. The number of carboxylic acid groups (broad SMARTS) is 2. The zero-order chi connectivity index (χ0) is 37.4. The van der Waals surface area contributed by atoms with Gasteiger partial charge in [0.2, 0.25) is 0 Å². The van der Waals surface area contributed by atoms with Crippen LogP contribution in [0.2, 0.25) is 8.87 Å². The Morgan fingerprint density at radius 2 is 0.816 bits per heavy atom. The van der Waals surface area contributed by atoms with E-state index >= 15 is 0 Å². The predicted molar refractivity (Wildman–Crippen MR) is 199 cm³/mol. The van der Waals surface area contributed by atoms with Crippen molar-refractivity contribution in [2.45, 2.75) is 179 Å². The first-order valence-electron chi connectivity index (χ1n) is 19.3. The van der Waals surface area contributed by atoms with E-state index < -0.39 is 23.9 Å². The maximum absolute atomic E-state index is 10.9. The number of hydrogen-bond acceptors (Lipinski definition) is 8. The number of carbonyl (C=O) groups is 4. The molecule has 0 rings (SSSR count). The number of esters is 2. The van der Waals surface area contributed by atoms with Crippen molar-refractivity contribution in [3.8, 4) is 0 Å². The fraction of sp³-hybridized carbons (Fsp3) is 0.800. The molecule has 0 aliphatic carbocycles. The van der Waals surface area contributed by atoms with E-state index in [-0.39, 0.29) is 21.1 Å². The van der Waals surface area contributed by atoms with Crippen LogP contribution in [0.15, 0.2) is 24.3 Å². The van der Waals surface area contributed by atoms with Crippen LogP contribution in [0, 0.1) is 11.8 Å². The van der Waals surface area contributed by atoms with Crippen LogP contribution in [0.1, 0.15) is 170 Å². The van der Waals surface area contributed by atoms with Gasteiger partial charge in [-0.1, -0.05) is 66.2 Å². The first kappa shape index (κ1) is 51.5. The quantitative estimate of drug-likeness (QED) is 0.0307. The molecule has 0 aliphatic heterocycles. The van der Waals surface area contributed by atoms with Crippen molar-refractivity contribution in [2.24, 2.45) is 11.8 Å². The summed E-state index contributed by atoms with van der Waals surface area (Å²) in [6, 6.07) is 0. The van der Waals surface area contributed by atoms with Crippen LogP contribution in [-0.2, 0) is 28.7 Å². The van der Waals surface area contributed by atoms with Crippen LogP contribution in [0.25, 0.3) is 0 Å².